The fourth-order valence-corrected chi connectivity index (χ4v) is 2.67. The number of aryl methyl sites for hydroxylation is 1. The highest BCUT2D eigenvalue weighted by atomic mass is 32.2. The van der Waals surface area contributed by atoms with E-state index in [-0.39, 0.29) is 6.04 Å². The van der Waals surface area contributed by atoms with Gasteiger partial charge in [0.15, 0.2) is 0 Å². The van der Waals surface area contributed by atoms with Crippen LogP contribution in [0.4, 0.5) is 0 Å². The molecule has 1 unspecified atom stereocenters. The van der Waals surface area contributed by atoms with Crippen molar-refractivity contribution < 1.29 is 8.42 Å². The maximum atomic E-state index is 12.0. The standard InChI is InChI=1S/C11H18N2O2S/c1-9-4-6-11(7-5-9)16(14,15)13(3)8-10(2)12/h4-7,10H,8,12H2,1-3H3. The molecule has 0 bridgehead atoms. The highest BCUT2D eigenvalue weighted by Gasteiger charge is 2.20. The number of benzene rings is 1. The lowest BCUT2D eigenvalue weighted by atomic mass is 10.2. The second-order valence-electron chi connectivity index (χ2n) is 4.08. The van der Waals surface area contributed by atoms with Crippen LogP contribution >= 0.6 is 0 Å². The molecule has 90 valence electrons. The van der Waals surface area contributed by atoms with E-state index in [1.54, 1.807) is 38.2 Å². The van der Waals surface area contributed by atoms with Gasteiger partial charge in [-0.1, -0.05) is 17.7 Å². The van der Waals surface area contributed by atoms with Gasteiger partial charge in [-0.3, -0.25) is 0 Å². The Morgan fingerprint density at radius 3 is 2.25 bits per heavy atom. The van der Waals surface area contributed by atoms with Gasteiger partial charge in [0.25, 0.3) is 0 Å². The molecule has 0 spiro atoms. The van der Waals surface area contributed by atoms with Crippen LogP contribution < -0.4 is 5.73 Å². The van der Waals surface area contributed by atoms with E-state index in [0.717, 1.165) is 5.56 Å². The Kier molecular flexibility index (Phi) is 4.07. The summed E-state index contributed by atoms with van der Waals surface area (Å²) < 4.78 is 25.4. The first kappa shape index (κ1) is 13.2. The van der Waals surface area contributed by atoms with Gasteiger partial charge >= 0.3 is 0 Å². The Morgan fingerprint density at radius 2 is 1.81 bits per heavy atom. The molecule has 4 nitrogen and oxygen atoms in total. The predicted octanol–water partition coefficient (Wildman–Crippen LogP) is 0.963. The van der Waals surface area contributed by atoms with Crippen LogP contribution in [0.3, 0.4) is 0 Å². The first-order valence-electron chi connectivity index (χ1n) is 5.12. The van der Waals surface area contributed by atoms with Gasteiger partial charge in [0, 0.05) is 19.6 Å². The third-order valence-corrected chi connectivity index (χ3v) is 4.11. The van der Waals surface area contributed by atoms with Crippen LogP contribution in [0.15, 0.2) is 29.2 Å². The van der Waals surface area contributed by atoms with Crippen molar-refractivity contribution >= 4 is 10.0 Å². The number of likely N-dealkylation sites (N-methyl/N-ethyl adjacent to an activating group) is 1. The summed E-state index contributed by atoms with van der Waals surface area (Å²) >= 11 is 0. The number of hydrogen-bond acceptors (Lipinski definition) is 3. The molecule has 5 heteroatoms. The number of rotatable bonds is 4. The zero-order valence-electron chi connectivity index (χ0n) is 9.84. The topological polar surface area (TPSA) is 63.4 Å². The van der Waals surface area contributed by atoms with Gasteiger partial charge in [-0.15, -0.1) is 0 Å². The van der Waals surface area contributed by atoms with Gasteiger partial charge in [-0.25, -0.2) is 8.42 Å². The molecule has 0 aliphatic heterocycles. The monoisotopic (exact) mass is 242 g/mol. The summed E-state index contributed by atoms with van der Waals surface area (Å²) in [5.74, 6) is 0. The normalized spacial score (nSPS) is 14.1. The van der Waals surface area contributed by atoms with Crippen LogP contribution in [-0.2, 0) is 10.0 Å². The molecule has 0 amide bonds. The van der Waals surface area contributed by atoms with Crippen LogP contribution in [0.25, 0.3) is 0 Å². The van der Waals surface area contributed by atoms with Crippen LogP contribution in [0.1, 0.15) is 12.5 Å². The molecule has 0 saturated heterocycles. The average molecular weight is 242 g/mol. The minimum Gasteiger partial charge on any atom is -0.327 e. The van der Waals surface area contributed by atoms with Gasteiger partial charge < -0.3 is 5.73 Å². The minimum atomic E-state index is -3.40. The maximum Gasteiger partial charge on any atom is 0.242 e. The summed E-state index contributed by atoms with van der Waals surface area (Å²) in [5.41, 5.74) is 6.62. The molecule has 0 fully saturated rings. The van der Waals surface area contributed by atoms with Crippen molar-refractivity contribution in [2.24, 2.45) is 5.73 Å². The SMILES string of the molecule is Cc1ccc(S(=O)(=O)N(C)CC(C)N)cc1. The van der Waals surface area contributed by atoms with E-state index in [9.17, 15) is 8.42 Å². The smallest absolute Gasteiger partial charge is 0.242 e. The van der Waals surface area contributed by atoms with E-state index in [2.05, 4.69) is 0 Å². The van der Waals surface area contributed by atoms with Gasteiger partial charge in [0.1, 0.15) is 0 Å². The number of sulfonamides is 1. The highest BCUT2D eigenvalue weighted by Crippen LogP contribution is 2.14. The summed E-state index contributed by atoms with van der Waals surface area (Å²) in [6, 6.07) is 6.62. The average Bonchev–Trinajstić information content (AvgIpc) is 2.17. The quantitative estimate of drug-likeness (QED) is 0.855. The van der Waals surface area contributed by atoms with E-state index < -0.39 is 10.0 Å². The lowest BCUT2D eigenvalue weighted by molar-refractivity contribution is 0.445. The summed E-state index contributed by atoms with van der Waals surface area (Å²) in [6.45, 7) is 4.01. The number of nitrogens with zero attached hydrogens (tertiary/aromatic N) is 1. The summed E-state index contributed by atoms with van der Waals surface area (Å²) in [6.07, 6.45) is 0. The lowest BCUT2D eigenvalue weighted by Gasteiger charge is -2.19. The zero-order chi connectivity index (χ0) is 12.3. The second kappa shape index (κ2) is 4.95. The summed E-state index contributed by atoms with van der Waals surface area (Å²) in [4.78, 5) is 0.307. The Morgan fingerprint density at radius 1 is 1.31 bits per heavy atom. The Hall–Kier alpha value is -0.910. The molecular formula is C11H18N2O2S. The minimum absolute atomic E-state index is 0.176. The molecule has 0 aliphatic carbocycles. The number of hydrogen-bond donors (Lipinski definition) is 1. The zero-order valence-corrected chi connectivity index (χ0v) is 10.7. The van der Waals surface area contributed by atoms with E-state index in [4.69, 9.17) is 5.73 Å². The van der Waals surface area contributed by atoms with Crippen molar-refractivity contribution in [2.75, 3.05) is 13.6 Å². The van der Waals surface area contributed by atoms with E-state index in [1.807, 2.05) is 6.92 Å². The third kappa shape index (κ3) is 3.04. The highest BCUT2D eigenvalue weighted by molar-refractivity contribution is 7.89. The molecule has 1 aromatic rings. The molecule has 0 saturated carbocycles. The molecule has 0 aliphatic rings. The molecule has 0 radical (unpaired) electrons. The molecule has 1 aromatic carbocycles. The maximum absolute atomic E-state index is 12.0. The van der Waals surface area contributed by atoms with Crippen LogP contribution in [-0.4, -0.2) is 32.4 Å². The van der Waals surface area contributed by atoms with Crippen molar-refractivity contribution in [1.82, 2.24) is 4.31 Å². The van der Waals surface area contributed by atoms with Crippen molar-refractivity contribution in [3.05, 3.63) is 29.8 Å². The predicted molar refractivity (Wildman–Crippen MR) is 64.6 cm³/mol. The Balaban J connectivity index is 2.97. The van der Waals surface area contributed by atoms with Gasteiger partial charge in [-0.05, 0) is 26.0 Å². The largest absolute Gasteiger partial charge is 0.327 e. The first-order chi connectivity index (χ1) is 7.34. The van der Waals surface area contributed by atoms with Crippen molar-refractivity contribution in [3.8, 4) is 0 Å². The van der Waals surface area contributed by atoms with E-state index in [0.29, 0.717) is 11.4 Å². The van der Waals surface area contributed by atoms with Gasteiger partial charge in [-0.2, -0.15) is 4.31 Å². The second-order valence-corrected chi connectivity index (χ2v) is 6.12. The summed E-state index contributed by atoms with van der Waals surface area (Å²) in [5, 5.41) is 0. The van der Waals surface area contributed by atoms with Crippen molar-refractivity contribution in [1.29, 1.82) is 0 Å². The van der Waals surface area contributed by atoms with Crippen LogP contribution in [0, 0.1) is 6.92 Å². The van der Waals surface area contributed by atoms with Crippen LogP contribution in [0.2, 0.25) is 0 Å². The fourth-order valence-electron chi connectivity index (χ4n) is 1.39. The molecule has 16 heavy (non-hydrogen) atoms. The van der Waals surface area contributed by atoms with Gasteiger partial charge in [0.2, 0.25) is 10.0 Å². The van der Waals surface area contributed by atoms with E-state index >= 15 is 0 Å². The molecule has 1 rings (SSSR count). The number of nitrogens with two attached hydrogens (primary N) is 1. The van der Waals surface area contributed by atoms with Crippen LogP contribution in [0.5, 0.6) is 0 Å². The van der Waals surface area contributed by atoms with Gasteiger partial charge in [0.05, 0.1) is 4.90 Å². The molecular weight excluding hydrogens is 224 g/mol. The first-order valence-corrected chi connectivity index (χ1v) is 6.56. The molecule has 2 N–H and O–H groups in total. The summed E-state index contributed by atoms with van der Waals surface area (Å²) in [7, 11) is -1.86. The Bertz CT molecular complexity index is 438. The van der Waals surface area contributed by atoms with E-state index in [1.165, 1.54) is 4.31 Å². The molecule has 0 aromatic heterocycles. The lowest BCUT2D eigenvalue weighted by Crippen LogP contribution is -2.36. The molecule has 0 heterocycles. The fraction of sp³-hybridized carbons (Fsp3) is 0.455. The third-order valence-electron chi connectivity index (χ3n) is 2.27. The van der Waals surface area contributed by atoms with Crippen molar-refractivity contribution in [2.45, 2.75) is 24.8 Å². The van der Waals surface area contributed by atoms with Crippen molar-refractivity contribution in [3.63, 3.8) is 0 Å². The molecule has 1 atom stereocenters. The Labute approximate surface area is 97.1 Å².